The molecule has 0 atom stereocenters. The van der Waals surface area contributed by atoms with Crippen LogP contribution in [0.1, 0.15) is 27.2 Å². The van der Waals surface area contributed by atoms with E-state index < -0.39 is 10.0 Å². The summed E-state index contributed by atoms with van der Waals surface area (Å²) in [6.45, 7) is 7.13. The van der Waals surface area contributed by atoms with E-state index in [2.05, 4.69) is 4.72 Å². The maximum absolute atomic E-state index is 13.7. The number of aryl methyl sites for hydroxylation is 2. The van der Waals surface area contributed by atoms with Crippen molar-refractivity contribution in [3.8, 4) is 11.5 Å². The van der Waals surface area contributed by atoms with Gasteiger partial charge in [-0.2, -0.15) is 0 Å². The van der Waals surface area contributed by atoms with Crippen LogP contribution in [0.25, 0.3) is 11.0 Å². The highest BCUT2D eigenvalue weighted by molar-refractivity contribution is 7.93. The van der Waals surface area contributed by atoms with Gasteiger partial charge in [0.25, 0.3) is 15.9 Å². The van der Waals surface area contributed by atoms with Crippen LogP contribution < -0.4 is 14.2 Å². The van der Waals surface area contributed by atoms with Gasteiger partial charge in [0.1, 0.15) is 16.4 Å². The van der Waals surface area contributed by atoms with E-state index in [1.165, 1.54) is 14.2 Å². The summed E-state index contributed by atoms with van der Waals surface area (Å²) in [6, 6.07) is 6.68. The highest BCUT2D eigenvalue weighted by Gasteiger charge is 2.30. The Morgan fingerprint density at radius 3 is 2.38 bits per heavy atom. The number of hydrogen-bond donors (Lipinski definition) is 1. The summed E-state index contributed by atoms with van der Waals surface area (Å²) in [5.41, 5.74) is 2.26. The number of amides is 1. The van der Waals surface area contributed by atoms with Crippen molar-refractivity contribution in [1.29, 1.82) is 0 Å². The van der Waals surface area contributed by atoms with Crippen molar-refractivity contribution >= 4 is 32.6 Å². The predicted octanol–water partition coefficient (Wildman–Crippen LogP) is 3.65. The first kappa shape index (κ1) is 23.9. The average Bonchev–Trinajstić information content (AvgIpc) is 3.14. The Labute approximate surface area is 198 Å². The van der Waals surface area contributed by atoms with Crippen LogP contribution in [-0.2, 0) is 14.8 Å². The number of benzene rings is 2. The molecule has 2 aromatic carbocycles. The lowest BCUT2D eigenvalue weighted by Gasteiger charge is -2.26. The molecule has 2 heterocycles. The molecule has 1 aromatic heterocycles. The van der Waals surface area contributed by atoms with Gasteiger partial charge in [0.2, 0.25) is 0 Å². The number of carbonyl (C=O) groups is 1. The number of ether oxygens (including phenoxy) is 3. The second kappa shape index (κ2) is 9.19. The molecule has 1 amide bonds. The Morgan fingerprint density at radius 2 is 1.74 bits per heavy atom. The summed E-state index contributed by atoms with van der Waals surface area (Å²) in [7, 11) is -1.18. The third kappa shape index (κ3) is 4.19. The molecular weight excluding hydrogens is 460 g/mol. The quantitative estimate of drug-likeness (QED) is 0.564. The number of fused-ring (bicyclic) bond motifs is 1. The molecule has 1 aliphatic rings. The summed E-state index contributed by atoms with van der Waals surface area (Å²) in [5.74, 6) is 0.664. The standard InChI is InChI=1S/C24H28N2O7S/c1-14-12-18-16(3)21(24(27)26-8-10-32-11-9-26)33-22(18)23(15(14)2)34(28,29)25-19-13-17(30-4)6-7-20(19)31-5/h6-7,12-13,25H,8-11H2,1-5H3. The van der Waals surface area contributed by atoms with E-state index in [1.54, 1.807) is 36.9 Å². The maximum Gasteiger partial charge on any atom is 0.290 e. The smallest absolute Gasteiger partial charge is 0.290 e. The van der Waals surface area contributed by atoms with Gasteiger partial charge in [-0.1, -0.05) is 0 Å². The fourth-order valence-corrected chi connectivity index (χ4v) is 5.58. The molecule has 0 unspecified atom stereocenters. The van der Waals surface area contributed by atoms with Crippen molar-refractivity contribution in [2.75, 3.05) is 45.2 Å². The highest BCUT2D eigenvalue weighted by atomic mass is 32.2. The zero-order valence-corrected chi connectivity index (χ0v) is 20.7. The minimum absolute atomic E-state index is 0.0171. The van der Waals surface area contributed by atoms with Crippen molar-refractivity contribution in [2.24, 2.45) is 0 Å². The number of anilines is 1. The molecule has 1 saturated heterocycles. The molecule has 182 valence electrons. The Bertz CT molecular complexity index is 1360. The van der Waals surface area contributed by atoms with Crippen LogP contribution in [0, 0.1) is 20.8 Å². The highest BCUT2D eigenvalue weighted by Crippen LogP contribution is 2.37. The minimum atomic E-state index is -4.13. The van der Waals surface area contributed by atoms with Gasteiger partial charge in [-0.25, -0.2) is 8.42 Å². The number of rotatable bonds is 6. The first-order valence-electron chi connectivity index (χ1n) is 10.8. The number of hydrogen-bond acceptors (Lipinski definition) is 7. The lowest BCUT2D eigenvalue weighted by atomic mass is 10.0. The van der Waals surface area contributed by atoms with E-state index in [1.807, 2.05) is 13.0 Å². The molecule has 3 aromatic rings. The Morgan fingerprint density at radius 1 is 1.03 bits per heavy atom. The zero-order chi connectivity index (χ0) is 24.6. The molecule has 4 rings (SSSR count). The van der Waals surface area contributed by atoms with Gasteiger partial charge < -0.3 is 23.5 Å². The number of furan rings is 1. The molecular formula is C24H28N2O7S. The van der Waals surface area contributed by atoms with E-state index in [-0.39, 0.29) is 27.8 Å². The van der Waals surface area contributed by atoms with Gasteiger partial charge >= 0.3 is 0 Å². The number of nitrogens with zero attached hydrogens (tertiary/aromatic N) is 1. The minimum Gasteiger partial charge on any atom is -0.497 e. The number of carbonyl (C=O) groups excluding carboxylic acids is 1. The lowest BCUT2D eigenvalue weighted by Crippen LogP contribution is -2.40. The van der Waals surface area contributed by atoms with E-state index in [0.29, 0.717) is 54.3 Å². The summed E-state index contributed by atoms with van der Waals surface area (Å²) < 4.78 is 51.8. The lowest BCUT2D eigenvalue weighted by molar-refractivity contribution is 0.0283. The van der Waals surface area contributed by atoms with Gasteiger partial charge in [0.15, 0.2) is 11.3 Å². The summed E-state index contributed by atoms with van der Waals surface area (Å²) in [5, 5.41) is 0.581. The van der Waals surface area contributed by atoms with Crippen LogP contribution in [0.2, 0.25) is 0 Å². The van der Waals surface area contributed by atoms with Gasteiger partial charge in [-0.3, -0.25) is 9.52 Å². The van der Waals surface area contributed by atoms with Crippen LogP contribution in [-0.4, -0.2) is 59.7 Å². The molecule has 1 aliphatic heterocycles. The van der Waals surface area contributed by atoms with Crippen LogP contribution >= 0.6 is 0 Å². The van der Waals surface area contributed by atoms with Crippen molar-refractivity contribution < 1.29 is 31.8 Å². The first-order valence-corrected chi connectivity index (χ1v) is 12.3. The number of morpholine rings is 1. The first-order chi connectivity index (χ1) is 16.2. The number of methoxy groups -OCH3 is 2. The third-order valence-electron chi connectivity index (χ3n) is 6.10. The Balaban J connectivity index is 1.85. The van der Waals surface area contributed by atoms with Gasteiger partial charge in [0.05, 0.1) is 33.1 Å². The second-order valence-electron chi connectivity index (χ2n) is 8.16. The molecule has 34 heavy (non-hydrogen) atoms. The molecule has 9 nitrogen and oxygen atoms in total. The molecule has 1 fully saturated rings. The Hall–Kier alpha value is -3.24. The normalized spacial score (nSPS) is 14.3. The van der Waals surface area contributed by atoms with Gasteiger partial charge in [-0.15, -0.1) is 0 Å². The average molecular weight is 489 g/mol. The van der Waals surface area contributed by atoms with Crippen LogP contribution in [0.3, 0.4) is 0 Å². The topological polar surface area (TPSA) is 107 Å². The third-order valence-corrected chi connectivity index (χ3v) is 7.62. The molecule has 0 radical (unpaired) electrons. The molecule has 0 spiro atoms. The van der Waals surface area contributed by atoms with Crippen LogP contribution in [0.5, 0.6) is 11.5 Å². The SMILES string of the molecule is COc1ccc(OC)c(NS(=O)(=O)c2c(C)c(C)cc3c(C)c(C(=O)N4CCOCC4)oc23)c1. The van der Waals surface area contributed by atoms with E-state index in [0.717, 1.165) is 5.56 Å². The summed E-state index contributed by atoms with van der Waals surface area (Å²) in [6.07, 6.45) is 0. The predicted molar refractivity (Wildman–Crippen MR) is 128 cm³/mol. The number of nitrogens with one attached hydrogen (secondary N) is 1. The fourth-order valence-electron chi connectivity index (χ4n) is 4.07. The fraction of sp³-hybridized carbons (Fsp3) is 0.375. The van der Waals surface area contributed by atoms with E-state index in [4.69, 9.17) is 18.6 Å². The van der Waals surface area contributed by atoms with E-state index >= 15 is 0 Å². The summed E-state index contributed by atoms with van der Waals surface area (Å²) in [4.78, 5) is 14.8. The Kier molecular flexibility index (Phi) is 6.46. The monoisotopic (exact) mass is 488 g/mol. The van der Waals surface area contributed by atoms with Gasteiger partial charge in [0, 0.05) is 30.1 Å². The summed E-state index contributed by atoms with van der Waals surface area (Å²) >= 11 is 0. The van der Waals surface area contributed by atoms with E-state index in [9.17, 15) is 13.2 Å². The van der Waals surface area contributed by atoms with Crippen LogP contribution in [0.4, 0.5) is 5.69 Å². The largest absolute Gasteiger partial charge is 0.497 e. The van der Waals surface area contributed by atoms with Crippen molar-refractivity contribution in [3.05, 3.63) is 46.7 Å². The van der Waals surface area contributed by atoms with Crippen molar-refractivity contribution in [2.45, 2.75) is 25.7 Å². The molecule has 0 saturated carbocycles. The van der Waals surface area contributed by atoms with Crippen molar-refractivity contribution in [3.63, 3.8) is 0 Å². The zero-order valence-electron chi connectivity index (χ0n) is 19.9. The van der Waals surface area contributed by atoms with Gasteiger partial charge in [-0.05, 0) is 50.1 Å². The van der Waals surface area contributed by atoms with Crippen molar-refractivity contribution in [1.82, 2.24) is 4.90 Å². The maximum atomic E-state index is 13.7. The van der Waals surface area contributed by atoms with Crippen LogP contribution in [0.15, 0.2) is 33.6 Å². The molecule has 1 N–H and O–H groups in total. The molecule has 0 bridgehead atoms. The molecule has 10 heteroatoms. The number of sulfonamides is 1. The second-order valence-corrected chi connectivity index (χ2v) is 9.78. The molecule has 0 aliphatic carbocycles.